The molecule has 4 heteroatoms. The number of hydrogen-bond acceptors (Lipinski definition) is 2. The van der Waals surface area contributed by atoms with Gasteiger partial charge in [0.05, 0.1) is 0 Å². The Morgan fingerprint density at radius 3 is 2.76 bits per heavy atom. The van der Waals surface area contributed by atoms with Crippen LogP contribution in [0.1, 0.15) is 16.7 Å². The molecule has 0 saturated carbocycles. The van der Waals surface area contributed by atoms with Crippen molar-refractivity contribution in [1.82, 2.24) is 5.32 Å². The zero-order valence-electron chi connectivity index (χ0n) is 12.0. The number of halogens is 2. The van der Waals surface area contributed by atoms with E-state index in [1.165, 1.54) is 28.9 Å². The molecule has 1 aliphatic heterocycles. The number of hydrogen-bond donors (Lipinski definition) is 1. The Kier molecular flexibility index (Phi) is 3.88. The molecule has 0 aliphatic carbocycles. The second kappa shape index (κ2) is 5.82. The number of likely N-dealkylation sites (N-methyl/N-ethyl adjacent to an activating group) is 1. The van der Waals surface area contributed by atoms with Crippen LogP contribution in [0.25, 0.3) is 0 Å². The molecule has 0 saturated heterocycles. The first-order valence-corrected chi connectivity index (χ1v) is 7.11. The summed E-state index contributed by atoms with van der Waals surface area (Å²) in [7, 11) is 2.10. The van der Waals surface area contributed by atoms with Gasteiger partial charge in [-0.1, -0.05) is 18.2 Å². The van der Waals surface area contributed by atoms with Crippen LogP contribution in [0.5, 0.6) is 0 Å². The highest BCUT2D eigenvalue weighted by atomic mass is 19.1. The number of benzene rings is 2. The summed E-state index contributed by atoms with van der Waals surface area (Å²) in [6.07, 6.45) is 1.08. The third-order valence-electron chi connectivity index (χ3n) is 3.93. The van der Waals surface area contributed by atoms with Gasteiger partial charge in [-0.3, -0.25) is 0 Å². The molecule has 110 valence electrons. The van der Waals surface area contributed by atoms with Crippen molar-refractivity contribution in [2.45, 2.75) is 19.5 Å². The van der Waals surface area contributed by atoms with Crippen molar-refractivity contribution < 1.29 is 8.78 Å². The van der Waals surface area contributed by atoms with Gasteiger partial charge in [0.2, 0.25) is 0 Å². The van der Waals surface area contributed by atoms with Gasteiger partial charge in [0.15, 0.2) is 0 Å². The Morgan fingerprint density at radius 2 is 1.95 bits per heavy atom. The van der Waals surface area contributed by atoms with Gasteiger partial charge in [-0.2, -0.15) is 0 Å². The molecule has 0 amide bonds. The van der Waals surface area contributed by atoms with Crippen LogP contribution in [-0.4, -0.2) is 13.6 Å². The van der Waals surface area contributed by atoms with Crippen LogP contribution in [-0.2, 0) is 19.5 Å². The average molecular weight is 288 g/mol. The van der Waals surface area contributed by atoms with Crippen molar-refractivity contribution in [2.75, 3.05) is 18.5 Å². The molecule has 2 aromatic rings. The Hall–Kier alpha value is -1.94. The number of rotatable bonds is 4. The molecule has 0 bridgehead atoms. The lowest BCUT2D eigenvalue weighted by Crippen LogP contribution is -2.14. The molecule has 21 heavy (non-hydrogen) atoms. The van der Waals surface area contributed by atoms with E-state index in [1.807, 2.05) is 0 Å². The Bertz CT molecular complexity index is 655. The number of nitrogens with one attached hydrogen (secondary N) is 1. The van der Waals surface area contributed by atoms with E-state index in [4.69, 9.17) is 0 Å². The molecule has 2 nitrogen and oxygen atoms in total. The molecule has 3 rings (SSSR count). The first kappa shape index (κ1) is 14.0. The summed E-state index contributed by atoms with van der Waals surface area (Å²) in [6.45, 7) is 2.13. The van der Waals surface area contributed by atoms with Crippen LogP contribution in [0.15, 0.2) is 36.4 Å². The maximum absolute atomic E-state index is 13.5. The lowest BCUT2D eigenvalue weighted by molar-refractivity contribution is 0.560. The van der Waals surface area contributed by atoms with E-state index < -0.39 is 11.6 Å². The molecular weight excluding hydrogens is 270 g/mol. The van der Waals surface area contributed by atoms with Gasteiger partial charge in [0.25, 0.3) is 0 Å². The molecule has 0 fully saturated rings. The van der Waals surface area contributed by atoms with Gasteiger partial charge in [-0.05, 0) is 29.7 Å². The molecule has 0 unspecified atom stereocenters. The van der Waals surface area contributed by atoms with Gasteiger partial charge in [0.1, 0.15) is 11.6 Å². The van der Waals surface area contributed by atoms with Crippen molar-refractivity contribution in [2.24, 2.45) is 0 Å². The maximum Gasteiger partial charge on any atom is 0.130 e. The van der Waals surface area contributed by atoms with Gasteiger partial charge in [-0.15, -0.1) is 0 Å². The largest absolute Gasteiger partial charge is 0.374 e. The topological polar surface area (TPSA) is 15.3 Å². The van der Waals surface area contributed by atoms with Gasteiger partial charge in [-0.25, -0.2) is 8.78 Å². The minimum absolute atomic E-state index is 0.392. The lowest BCUT2D eigenvalue weighted by atomic mass is 10.1. The van der Waals surface area contributed by atoms with E-state index in [1.54, 1.807) is 0 Å². The normalized spacial score (nSPS) is 13.6. The highest BCUT2D eigenvalue weighted by molar-refractivity contribution is 5.58. The monoisotopic (exact) mass is 288 g/mol. The fraction of sp³-hybridized carbons (Fsp3) is 0.294. The third kappa shape index (κ3) is 3.05. The first-order valence-electron chi connectivity index (χ1n) is 7.11. The predicted molar refractivity (Wildman–Crippen MR) is 80.3 cm³/mol. The van der Waals surface area contributed by atoms with E-state index >= 15 is 0 Å². The molecule has 0 radical (unpaired) electrons. The quantitative estimate of drug-likeness (QED) is 0.929. The Balaban J connectivity index is 1.61. The highest BCUT2D eigenvalue weighted by Gasteiger charge is 2.15. The summed E-state index contributed by atoms with van der Waals surface area (Å²) in [4.78, 5) is 2.25. The van der Waals surface area contributed by atoms with E-state index in [-0.39, 0.29) is 0 Å². The van der Waals surface area contributed by atoms with Crippen LogP contribution < -0.4 is 10.2 Å². The Labute approximate surface area is 123 Å². The fourth-order valence-corrected chi connectivity index (χ4v) is 2.74. The van der Waals surface area contributed by atoms with E-state index in [0.717, 1.165) is 19.0 Å². The first-order chi connectivity index (χ1) is 10.1. The lowest BCUT2D eigenvalue weighted by Gasteiger charge is -2.12. The standard InChI is InChI=1S/C17H18F2N2/c1-21-7-6-13-8-12(2-5-17(13)21)10-20-11-14-3-4-15(18)9-16(14)19/h2-5,8-9,20H,6-7,10-11H2,1H3. The second-order valence-electron chi connectivity index (χ2n) is 5.47. The highest BCUT2D eigenvalue weighted by Crippen LogP contribution is 2.27. The van der Waals surface area contributed by atoms with Gasteiger partial charge >= 0.3 is 0 Å². The zero-order chi connectivity index (χ0) is 14.8. The molecule has 0 spiro atoms. The molecule has 1 heterocycles. The zero-order valence-corrected chi connectivity index (χ0v) is 12.0. The van der Waals surface area contributed by atoms with E-state index in [0.29, 0.717) is 18.7 Å². The van der Waals surface area contributed by atoms with Crippen molar-refractivity contribution in [3.63, 3.8) is 0 Å². The summed E-state index contributed by atoms with van der Waals surface area (Å²) in [5, 5.41) is 3.20. The number of anilines is 1. The summed E-state index contributed by atoms with van der Waals surface area (Å²) < 4.78 is 26.3. The third-order valence-corrected chi connectivity index (χ3v) is 3.93. The smallest absolute Gasteiger partial charge is 0.130 e. The van der Waals surface area contributed by atoms with Crippen molar-refractivity contribution in [3.8, 4) is 0 Å². The van der Waals surface area contributed by atoms with Gasteiger partial charge in [0, 0.05) is 44.0 Å². The predicted octanol–water partition coefficient (Wildman–Crippen LogP) is 3.25. The van der Waals surface area contributed by atoms with Crippen LogP contribution in [0.4, 0.5) is 14.5 Å². The number of nitrogens with zero attached hydrogens (tertiary/aromatic N) is 1. The minimum Gasteiger partial charge on any atom is -0.374 e. The van der Waals surface area contributed by atoms with Crippen molar-refractivity contribution >= 4 is 5.69 Å². The van der Waals surface area contributed by atoms with Crippen molar-refractivity contribution in [1.29, 1.82) is 0 Å². The molecule has 2 aromatic carbocycles. The summed E-state index contributed by atoms with van der Waals surface area (Å²) in [5.41, 5.74) is 4.33. The average Bonchev–Trinajstić information content (AvgIpc) is 2.82. The van der Waals surface area contributed by atoms with Crippen LogP contribution in [0, 0.1) is 11.6 Å². The maximum atomic E-state index is 13.5. The Morgan fingerprint density at radius 1 is 1.10 bits per heavy atom. The molecular formula is C17H18F2N2. The van der Waals surface area contributed by atoms with Crippen LogP contribution >= 0.6 is 0 Å². The van der Waals surface area contributed by atoms with E-state index in [2.05, 4.69) is 35.5 Å². The fourth-order valence-electron chi connectivity index (χ4n) is 2.74. The summed E-state index contributed by atoms with van der Waals surface area (Å²) in [6, 6.07) is 10.1. The molecule has 0 aromatic heterocycles. The van der Waals surface area contributed by atoms with Gasteiger partial charge < -0.3 is 10.2 Å². The minimum atomic E-state index is -0.543. The van der Waals surface area contributed by atoms with E-state index in [9.17, 15) is 8.78 Å². The SMILES string of the molecule is CN1CCc2cc(CNCc3ccc(F)cc3F)ccc21. The molecule has 1 aliphatic rings. The van der Waals surface area contributed by atoms with Crippen LogP contribution in [0.2, 0.25) is 0 Å². The number of fused-ring (bicyclic) bond motifs is 1. The van der Waals surface area contributed by atoms with Crippen molar-refractivity contribution in [3.05, 3.63) is 64.7 Å². The molecule has 0 atom stereocenters. The summed E-state index contributed by atoms with van der Waals surface area (Å²) >= 11 is 0. The molecule has 1 N–H and O–H groups in total. The van der Waals surface area contributed by atoms with Crippen LogP contribution in [0.3, 0.4) is 0 Å². The second-order valence-corrected chi connectivity index (χ2v) is 5.47. The summed E-state index contributed by atoms with van der Waals surface area (Å²) in [5.74, 6) is -1.04.